The SMILES string of the molecule is O=C(CC1(C(=O)O)CCC1)Nc1cccc(C(=O)N2CCCCC2)c1. The number of piperidine rings is 1. The number of aliphatic carboxylic acids is 1. The molecular weight excluding hydrogens is 320 g/mol. The molecule has 0 unspecified atom stereocenters. The first-order valence-electron chi connectivity index (χ1n) is 8.93. The van der Waals surface area contributed by atoms with E-state index in [1.807, 2.05) is 4.90 Å². The van der Waals surface area contributed by atoms with Crippen molar-refractivity contribution in [3.05, 3.63) is 29.8 Å². The van der Waals surface area contributed by atoms with E-state index >= 15 is 0 Å². The molecule has 1 aliphatic heterocycles. The first-order valence-corrected chi connectivity index (χ1v) is 8.93. The van der Waals surface area contributed by atoms with Crippen LogP contribution in [0.4, 0.5) is 5.69 Å². The standard InChI is InChI=1S/C19H24N2O4/c22-16(13-19(18(24)25)8-5-9-19)20-15-7-4-6-14(12-15)17(23)21-10-2-1-3-11-21/h4,6-7,12H,1-3,5,8-11,13H2,(H,20,22)(H,24,25). The summed E-state index contributed by atoms with van der Waals surface area (Å²) in [6, 6.07) is 6.88. The van der Waals surface area contributed by atoms with Crippen LogP contribution in [0.1, 0.15) is 55.3 Å². The van der Waals surface area contributed by atoms with Gasteiger partial charge in [-0.2, -0.15) is 0 Å². The maximum absolute atomic E-state index is 12.5. The Morgan fingerprint density at radius 2 is 1.80 bits per heavy atom. The van der Waals surface area contributed by atoms with Gasteiger partial charge in [-0.3, -0.25) is 14.4 Å². The molecule has 0 radical (unpaired) electrons. The summed E-state index contributed by atoms with van der Waals surface area (Å²) in [7, 11) is 0. The Balaban J connectivity index is 1.64. The number of amides is 2. The maximum Gasteiger partial charge on any atom is 0.310 e. The molecule has 1 saturated heterocycles. The maximum atomic E-state index is 12.5. The van der Waals surface area contributed by atoms with Crippen molar-refractivity contribution < 1.29 is 19.5 Å². The van der Waals surface area contributed by atoms with Crippen molar-refractivity contribution in [2.24, 2.45) is 5.41 Å². The Bertz CT molecular complexity index is 676. The Morgan fingerprint density at radius 1 is 1.08 bits per heavy atom. The fourth-order valence-electron chi connectivity index (χ4n) is 3.59. The van der Waals surface area contributed by atoms with Gasteiger partial charge in [-0.1, -0.05) is 12.5 Å². The van der Waals surface area contributed by atoms with Gasteiger partial charge in [-0.15, -0.1) is 0 Å². The lowest BCUT2D eigenvalue weighted by Gasteiger charge is -2.36. The van der Waals surface area contributed by atoms with E-state index in [0.29, 0.717) is 24.1 Å². The molecule has 0 spiro atoms. The van der Waals surface area contributed by atoms with Gasteiger partial charge in [0.05, 0.1) is 5.41 Å². The lowest BCUT2D eigenvalue weighted by Crippen LogP contribution is -2.41. The second-order valence-corrected chi connectivity index (χ2v) is 7.10. The van der Waals surface area contributed by atoms with Crippen molar-refractivity contribution in [1.29, 1.82) is 0 Å². The fraction of sp³-hybridized carbons (Fsp3) is 0.526. The third-order valence-electron chi connectivity index (χ3n) is 5.30. The highest BCUT2D eigenvalue weighted by molar-refractivity contribution is 5.98. The van der Waals surface area contributed by atoms with Crippen LogP contribution >= 0.6 is 0 Å². The minimum atomic E-state index is -0.911. The molecule has 6 heteroatoms. The molecule has 3 rings (SSSR count). The number of nitrogens with one attached hydrogen (secondary N) is 1. The van der Waals surface area contributed by atoms with Gasteiger partial charge < -0.3 is 15.3 Å². The molecule has 2 fully saturated rings. The van der Waals surface area contributed by atoms with Crippen molar-refractivity contribution in [2.75, 3.05) is 18.4 Å². The summed E-state index contributed by atoms with van der Waals surface area (Å²) in [5.41, 5.74) is 0.176. The molecule has 2 N–H and O–H groups in total. The molecule has 1 saturated carbocycles. The van der Waals surface area contributed by atoms with Crippen LogP contribution in [0.25, 0.3) is 0 Å². The van der Waals surface area contributed by atoms with E-state index < -0.39 is 11.4 Å². The second-order valence-electron chi connectivity index (χ2n) is 7.10. The second kappa shape index (κ2) is 7.25. The molecule has 1 aliphatic carbocycles. The Hall–Kier alpha value is -2.37. The minimum Gasteiger partial charge on any atom is -0.481 e. The van der Waals surface area contributed by atoms with Crippen molar-refractivity contribution >= 4 is 23.5 Å². The van der Waals surface area contributed by atoms with Crippen molar-refractivity contribution in [2.45, 2.75) is 44.9 Å². The van der Waals surface area contributed by atoms with Gasteiger partial charge in [0.2, 0.25) is 5.91 Å². The van der Waals surface area contributed by atoms with Crippen LogP contribution in [-0.2, 0) is 9.59 Å². The van der Waals surface area contributed by atoms with Crippen LogP contribution in [0, 0.1) is 5.41 Å². The highest BCUT2D eigenvalue weighted by Gasteiger charge is 2.45. The van der Waals surface area contributed by atoms with Gasteiger partial charge in [-0.05, 0) is 50.3 Å². The summed E-state index contributed by atoms with van der Waals surface area (Å²) < 4.78 is 0. The summed E-state index contributed by atoms with van der Waals surface area (Å²) in [5.74, 6) is -1.23. The smallest absolute Gasteiger partial charge is 0.310 e. The van der Waals surface area contributed by atoms with E-state index in [9.17, 15) is 19.5 Å². The van der Waals surface area contributed by atoms with E-state index in [4.69, 9.17) is 0 Å². The Kier molecular flexibility index (Phi) is 5.06. The zero-order valence-corrected chi connectivity index (χ0v) is 14.3. The van der Waals surface area contributed by atoms with Crippen LogP contribution in [0.5, 0.6) is 0 Å². The van der Waals surface area contributed by atoms with E-state index in [2.05, 4.69) is 5.32 Å². The molecule has 2 amide bonds. The van der Waals surface area contributed by atoms with Crippen LogP contribution in [0.15, 0.2) is 24.3 Å². The number of hydrogen-bond donors (Lipinski definition) is 2. The number of carbonyl (C=O) groups excluding carboxylic acids is 2. The fourth-order valence-corrected chi connectivity index (χ4v) is 3.59. The quantitative estimate of drug-likeness (QED) is 0.860. The number of benzene rings is 1. The topological polar surface area (TPSA) is 86.7 Å². The van der Waals surface area contributed by atoms with Gasteiger partial charge in [-0.25, -0.2) is 0 Å². The number of nitrogens with zero attached hydrogens (tertiary/aromatic N) is 1. The van der Waals surface area contributed by atoms with Crippen molar-refractivity contribution in [3.63, 3.8) is 0 Å². The largest absolute Gasteiger partial charge is 0.481 e. The monoisotopic (exact) mass is 344 g/mol. The first-order chi connectivity index (χ1) is 12.0. The predicted octanol–water partition coefficient (Wildman–Crippen LogP) is 2.90. The van der Waals surface area contributed by atoms with Gasteiger partial charge >= 0.3 is 5.97 Å². The molecule has 0 atom stereocenters. The van der Waals surface area contributed by atoms with E-state index in [-0.39, 0.29) is 18.2 Å². The highest BCUT2D eigenvalue weighted by atomic mass is 16.4. The Labute approximate surface area is 147 Å². The predicted molar refractivity (Wildman–Crippen MR) is 93.4 cm³/mol. The molecule has 6 nitrogen and oxygen atoms in total. The number of carboxylic acids is 1. The van der Waals surface area contributed by atoms with Crippen molar-refractivity contribution in [1.82, 2.24) is 4.90 Å². The van der Waals surface area contributed by atoms with Gasteiger partial charge in [0.1, 0.15) is 0 Å². The number of anilines is 1. The van der Waals surface area contributed by atoms with Gasteiger partial charge in [0.15, 0.2) is 0 Å². The molecule has 0 bridgehead atoms. The van der Waals surface area contributed by atoms with Gasteiger partial charge in [0, 0.05) is 30.8 Å². The number of likely N-dealkylation sites (tertiary alicyclic amines) is 1. The third-order valence-corrected chi connectivity index (χ3v) is 5.30. The van der Waals surface area contributed by atoms with E-state index in [0.717, 1.165) is 38.8 Å². The first kappa shape index (κ1) is 17.5. The van der Waals surface area contributed by atoms with Crippen LogP contribution in [-0.4, -0.2) is 40.9 Å². The third kappa shape index (κ3) is 3.83. The van der Waals surface area contributed by atoms with E-state index in [1.165, 1.54) is 0 Å². The molecular formula is C19H24N2O4. The van der Waals surface area contributed by atoms with Crippen molar-refractivity contribution in [3.8, 4) is 0 Å². The normalized spacial score (nSPS) is 19.0. The highest BCUT2D eigenvalue weighted by Crippen LogP contribution is 2.44. The number of carbonyl (C=O) groups is 3. The molecule has 2 aliphatic rings. The molecule has 0 aromatic heterocycles. The molecule has 1 aromatic carbocycles. The lowest BCUT2D eigenvalue weighted by molar-refractivity contribution is -0.157. The summed E-state index contributed by atoms with van der Waals surface area (Å²) in [6.45, 7) is 1.55. The van der Waals surface area contributed by atoms with E-state index in [1.54, 1.807) is 24.3 Å². The van der Waals surface area contributed by atoms with Crippen LogP contribution in [0.2, 0.25) is 0 Å². The zero-order chi connectivity index (χ0) is 17.9. The molecule has 1 heterocycles. The number of carboxylic acid groups (broad SMARTS) is 1. The number of hydrogen-bond acceptors (Lipinski definition) is 3. The van der Waals surface area contributed by atoms with Gasteiger partial charge in [0.25, 0.3) is 5.91 Å². The zero-order valence-electron chi connectivity index (χ0n) is 14.3. The summed E-state index contributed by atoms with van der Waals surface area (Å²) in [6.07, 6.45) is 5.13. The average Bonchev–Trinajstić information content (AvgIpc) is 2.58. The molecule has 1 aromatic rings. The average molecular weight is 344 g/mol. The molecule has 134 valence electrons. The summed E-state index contributed by atoms with van der Waals surface area (Å²) >= 11 is 0. The number of rotatable bonds is 5. The summed E-state index contributed by atoms with van der Waals surface area (Å²) in [5, 5.41) is 12.1. The van der Waals surface area contributed by atoms with Crippen LogP contribution < -0.4 is 5.32 Å². The summed E-state index contributed by atoms with van der Waals surface area (Å²) in [4.78, 5) is 38.0. The lowest BCUT2D eigenvalue weighted by atomic mass is 9.66. The minimum absolute atomic E-state index is 0.0169. The van der Waals surface area contributed by atoms with Crippen LogP contribution in [0.3, 0.4) is 0 Å². The Morgan fingerprint density at radius 3 is 2.40 bits per heavy atom. The molecule has 25 heavy (non-hydrogen) atoms.